The van der Waals surface area contributed by atoms with Crippen molar-refractivity contribution in [3.8, 4) is 17.2 Å². The van der Waals surface area contributed by atoms with E-state index in [0.717, 1.165) is 16.3 Å². The maximum atomic E-state index is 12.6. The van der Waals surface area contributed by atoms with Crippen molar-refractivity contribution < 1.29 is 19.0 Å². The molecule has 3 rings (SSSR count). The molecule has 0 spiro atoms. The molecule has 28 heavy (non-hydrogen) atoms. The van der Waals surface area contributed by atoms with Gasteiger partial charge in [0.25, 0.3) is 5.91 Å². The number of nitrogens with one attached hydrogen (secondary N) is 1. The molecule has 0 aliphatic heterocycles. The normalized spacial score (nSPS) is 12.9. The molecule has 5 heteroatoms. The largest absolute Gasteiger partial charge is 0.493 e. The molecule has 0 bridgehead atoms. The molecule has 0 aliphatic carbocycles. The lowest BCUT2D eigenvalue weighted by Crippen LogP contribution is -2.37. The van der Waals surface area contributed by atoms with E-state index in [-0.39, 0.29) is 11.9 Å². The van der Waals surface area contributed by atoms with Crippen molar-refractivity contribution in [2.45, 2.75) is 26.0 Å². The summed E-state index contributed by atoms with van der Waals surface area (Å²) in [7, 11) is 3.18. The van der Waals surface area contributed by atoms with Gasteiger partial charge in [-0.15, -0.1) is 0 Å². The van der Waals surface area contributed by atoms with Gasteiger partial charge in [0.2, 0.25) is 0 Å². The number of fused-ring (bicyclic) bond motifs is 1. The first kappa shape index (κ1) is 19.5. The van der Waals surface area contributed by atoms with E-state index < -0.39 is 6.10 Å². The van der Waals surface area contributed by atoms with Crippen LogP contribution >= 0.6 is 0 Å². The fraction of sp³-hybridized carbons (Fsp3) is 0.261. The minimum Gasteiger partial charge on any atom is -0.493 e. The van der Waals surface area contributed by atoms with Gasteiger partial charge in [-0.3, -0.25) is 4.79 Å². The van der Waals surface area contributed by atoms with Crippen LogP contribution in [0, 0.1) is 0 Å². The average Bonchev–Trinajstić information content (AvgIpc) is 2.72. The zero-order chi connectivity index (χ0) is 20.1. The quantitative estimate of drug-likeness (QED) is 0.657. The zero-order valence-electron chi connectivity index (χ0n) is 16.6. The van der Waals surface area contributed by atoms with Gasteiger partial charge in [-0.05, 0) is 54.4 Å². The van der Waals surface area contributed by atoms with Gasteiger partial charge in [-0.1, -0.05) is 36.4 Å². The second-order valence-electron chi connectivity index (χ2n) is 6.61. The van der Waals surface area contributed by atoms with Crippen molar-refractivity contribution in [1.82, 2.24) is 5.32 Å². The number of amides is 1. The Labute approximate surface area is 165 Å². The van der Waals surface area contributed by atoms with Crippen molar-refractivity contribution in [2.75, 3.05) is 14.2 Å². The van der Waals surface area contributed by atoms with Crippen LogP contribution in [0.5, 0.6) is 17.2 Å². The molecular formula is C23H25NO4. The van der Waals surface area contributed by atoms with Gasteiger partial charge in [0.15, 0.2) is 17.6 Å². The van der Waals surface area contributed by atoms with Crippen LogP contribution in [0.1, 0.15) is 25.5 Å². The molecule has 1 amide bonds. The first-order valence-corrected chi connectivity index (χ1v) is 9.19. The summed E-state index contributed by atoms with van der Waals surface area (Å²) in [6, 6.07) is 19.2. The lowest BCUT2D eigenvalue weighted by Gasteiger charge is -2.20. The molecular weight excluding hydrogens is 354 g/mol. The van der Waals surface area contributed by atoms with E-state index in [1.807, 2.05) is 67.6 Å². The molecule has 3 aromatic carbocycles. The molecule has 146 valence electrons. The Kier molecular flexibility index (Phi) is 6.04. The lowest BCUT2D eigenvalue weighted by atomic mass is 10.1. The van der Waals surface area contributed by atoms with Gasteiger partial charge in [0.1, 0.15) is 5.75 Å². The number of benzene rings is 3. The van der Waals surface area contributed by atoms with Crippen LogP contribution in [0.15, 0.2) is 60.7 Å². The minimum absolute atomic E-state index is 0.185. The first-order chi connectivity index (χ1) is 13.5. The molecule has 5 nitrogen and oxygen atoms in total. The molecule has 0 aliphatic rings. The topological polar surface area (TPSA) is 56.8 Å². The summed E-state index contributed by atoms with van der Waals surface area (Å²) in [5.41, 5.74) is 0.920. The molecule has 0 saturated heterocycles. The standard InChI is InChI=1S/C23H25NO4/c1-15(18-10-12-21(26-3)22(14-18)27-4)24-23(25)16(2)28-20-11-9-17-7-5-6-8-19(17)13-20/h5-16H,1-4H3,(H,24,25)/t15-,16-/m1/s1. The van der Waals surface area contributed by atoms with Crippen LogP contribution in [-0.2, 0) is 4.79 Å². The van der Waals surface area contributed by atoms with E-state index in [9.17, 15) is 4.79 Å². The summed E-state index contributed by atoms with van der Waals surface area (Å²) in [6.07, 6.45) is -0.622. The summed E-state index contributed by atoms with van der Waals surface area (Å²) >= 11 is 0. The molecule has 1 N–H and O–H groups in total. The summed E-state index contributed by atoms with van der Waals surface area (Å²) in [4.78, 5) is 12.6. The van der Waals surface area contributed by atoms with E-state index >= 15 is 0 Å². The van der Waals surface area contributed by atoms with E-state index in [1.165, 1.54) is 0 Å². The highest BCUT2D eigenvalue weighted by atomic mass is 16.5. The maximum Gasteiger partial charge on any atom is 0.261 e. The molecule has 0 unspecified atom stereocenters. The Morgan fingerprint density at radius 2 is 1.57 bits per heavy atom. The highest BCUT2D eigenvalue weighted by molar-refractivity contribution is 5.84. The summed E-state index contributed by atoms with van der Waals surface area (Å²) < 4.78 is 16.4. The number of ether oxygens (including phenoxy) is 3. The maximum absolute atomic E-state index is 12.6. The fourth-order valence-electron chi connectivity index (χ4n) is 3.03. The molecule has 0 fully saturated rings. The van der Waals surface area contributed by atoms with Crippen molar-refractivity contribution >= 4 is 16.7 Å². The van der Waals surface area contributed by atoms with Crippen LogP contribution in [-0.4, -0.2) is 26.2 Å². The van der Waals surface area contributed by atoms with Gasteiger partial charge in [-0.25, -0.2) is 0 Å². The molecule has 2 atom stereocenters. The number of methoxy groups -OCH3 is 2. The van der Waals surface area contributed by atoms with E-state index in [1.54, 1.807) is 21.1 Å². The van der Waals surface area contributed by atoms with E-state index in [0.29, 0.717) is 17.2 Å². The zero-order valence-corrected chi connectivity index (χ0v) is 16.6. The van der Waals surface area contributed by atoms with Gasteiger partial charge in [-0.2, -0.15) is 0 Å². The Hall–Kier alpha value is -3.21. The molecule has 0 heterocycles. The minimum atomic E-state index is -0.622. The third-order valence-electron chi connectivity index (χ3n) is 4.67. The van der Waals surface area contributed by atoms with E-state index in [2.05, 4.69) is 5.32 Å². The Balaban J connectivity index is 1.65. The average molecular weight is 379 g/mol. The molecule has 0 aromatic heterocycles. The highest BCUT2D eigenvalue weighted by Crippen LogP contribution is 2.30. The van der Waals surface area contributed by atoms with Crippen molar-refractivity contribution in [3.63, 3.8) is 0 Å². The van der Waals surface area contributed by atoms with Crippen LogP contribution in [0.2, 0.25) is 0 Å². The molecule has 0 radical (unpaired) electrons. The van der Waals surface area contributed by atoms with Crippen LogP contribution in [0.4, 0.5) is 0 Å². The SMILES string of the molecule is COc1ccc([C@@H](C)NC(=O)[C@@H](C)Oc2ccc3ccccc3c2)cc1OC. The monoisotopic (exact) mass is 379 g/mol. The lowest BCUT2D eigenvalue weighted by molar-refractivity contribution is -0.127. The number of hydrogen-bond acceptors (Lipinski definition) is 4. The third-order valence-corrected chi connectivity index (χ3v) is 4.67. The summed E-state index contributed by atoms with van der Waals surface area (Å²) in [6.45, 7) is 3.66. The van der Waals surface area contributed by atoms with Crippen LogP contribution in [0.3, 0.4) is 0 Å². The second-order valence-corrected chi connectivity index (χ2v) is 6.61. The number of rotatable bonds is 7. The highest BCUT2D eigenvalue weighted by Gasteiger charge is 2.19. The van der Waals surface area contributed by atoms with Gasteiger partial charge in [0, 0.05) is 0 Å². The fourth-order valence-corrected chi connectivity index (χ4v) is 3.03. The van der Waals surface area contributed by atoms with E-state index in [4.69, 9.17) is 14.2 Å². The van der Waals surface area contributed by atoms with Gasteiger partial charge < -0.3 is 19.5 Å². The smallest absolute Gasteiger partial charge is 0.261 e. The Morgan fingerprint density at radius 1 is 0.857 bits per heavy atom. The third kappa shape index (κ3) is 4.36. The van der Waals surface area contributed by atoms with Crippen molar-refractivity contribution in [1.29, 1.82) is 0 Å². The number of carbonyl (C=O) groups excluding carboxylic acids is 1. The predicted molar refractivity (Wildman–Crippen MR) is 110 cm³/mol. The number of hydrogen-bond donors (Lipinski definition) is 1. The van der Waals surface area contributed by atoms with Crippen molar-refractivity contribution in [3.05, 3.63) is 66.2 Å². The van der Waals surface area contributed by atoms with Crippen LogP contribution in [0.25, 0.3) is 10.8 Å². The van der Waals surface area contributed by atoms with Gasteiger partial charge in [0.05, 0.1) is 20.3 Å². The Bertz CT molecular complexity index is 970. The van der Waals surface area contributed by atoms with Gasteiger partial charge >= 0.3 is 0 Å². The Morgan fingerprint density at radius 3 is 2.29 bits per heavy atom. The summed E-state index contributed by atoms with van der Waals surface area (Å²) in [5, 5.41) is 5.19. The van der Waals surface area contributed by atoms with Crippen molar-refractivity contribution in [2.24, 2.45) is 0 Å². The number of carbonyl (C=O) groups is 1. The predicted octanol–water partition coefficient (Wildman–Crippen LogP) is 4.50. The summed E-state index contributed by atoms with van der Waals surface area (Å²) in [5.74, 6) is 1.76. The molecule has 3 aromatic rings. The molecule has 0 saturated carbocycles. The van der Waals surface area contributed by atoms with Crippen LogP contribution < -0.4 is 19.5 Å². The second kappa shape index (κ2) is 8.65. The first-order valence-electron chi connectivity index (χ1n) is 9.19.